The molecule has 0 radical (unpaired) electrons. The summed E-state index contributed by atoms with van der Waals surface area (Å²) in [6, 6.07) is 10.6. The van der Waals surface area contributed by atoms with E-state index in [2.05, 4.69) is 48.7 Å². The first-order valence-corrected chi connectivity index (χ1v) is 10.2. The first kappa shape index (κ1) is 17.8. The molecule has 0 aliphatic heterocycles. The second kappa shape index (κ2) is 8.38. The van der Waals surface area contributed by atoms with E-state index in [-0.39, 0.29) is 5.41 Å². The molecule has 2 saturated carbocycles. The van der Waals surface area contributed by atoms with Gasteiger partial charge in [-0.15, -0.1) is 0 Å². The lowest BCUT2D eigenvalue weighted by Gasteiger charge is -2.31. The van der Waals surface area contributed by atoms with Crippen LogP contribution in [0.25, 0.3) is 0 Å². The molecule has 24 heavy (non-hydrogen) atoms. The number of hydrogen-bond acceptors (Lipinski definition) is 2. The third-order valence-corrected chi connectivity index (χ3v) is 6.08. The summed E-state index contributed by atoms with van der Waals surface area (Å²) in [6.45, 7) is 5.81. The summed E-state index contributed by atoms with van der Waals surface area (Å²) in [4.78, 5) is 0. The van der Waals surface area contributed by atoms with E-state index in [9.17, 15) is 0 Å². The van der Waals surface area contributed by atoms with E-state index in [1.165, 1.54) is 75.5 Å². The van der Waals surface area contributed by atoms with Gasteiger partial charge in [0.05, 0.1) is 0 Å². The van der Waals surface area contributed by atoms with Gasteiger partial charge in [0.25, 0.3) is 0 Å². The molecular weight excluding hydrogens is 292 g/mol. The van der Waals surface area contributed by atoms with Gasteiger partial charge in [0.1, 0.15) is 0 Å². The quantitative estimate of drug-likeness (QED) is 0.707. The minimum absolute atomic E-state index is 0.195. The number of benzene rings is 1. The maximum atomic E-state index is 3.83. The minimum Gasteiger partial charge on any atom is -0.382 e. The summed E-state index contributed by atoms with van der Waals surface area (Å²) in [5, 5.41) is 7.55. The molecule has 0 atom stereocenters. The molecule has 1 aromatic carbocycles. The Bertz CT molecular complexity index is 479. The van der Waals surface area contributed by atoms with Crippen LogP contribution in [0.15, 0.2) is 24.3 Å². The summed E-state index contributed by atoms with van der Waals surface area (Å²) >= 11 is 0. The van der Waals surface area contributed by atoms with Crippen LogP contribution in [0.5, 0.6) is 0 Å². The molecule has 0 unspecified atom stereocenters. The third kappa shape index (κ3) is 4.99. The Hall–Kier alpha value is -1.02. The lowest BCUT2D eigenvalue weighted by atomic mass is 9.83. The molecule has 1 aromatic rings. The van der Waals surface area contributed by atoms with E-state index in [1.54, 1.807) is 0 Å². The van der Waals surface area contributed by atoms with Crippen molar-refractivity contribution in [1.29, 1.82) is 0 Å². The highest BCUT2D eigenvalue weighted by Gasteiger charge is 2.23. The fraction of sp³-hybridized carbons (Fsp3) is 0.727. The minimum atomic E-state index is 0.195. The zero-order valence-corrected chi connectivity index (χ0v) is 15.7. The van der Waals surface area contributed by atoms with Crippen molar-refractivity contribution in [1.82, 2.24) is 5.32 Å². The molecule has 0 heterocycles. The van der Waals surface area contributed by atoms with Crippen LogP contribution in [-0.4, -0.2) is 18.6 Å². The lowest BCUT2D eigenvalue weighted by molar-refractivity contribution is 0.341. The number of nitrogens with one attached hydrogen (secondary N) is 2. The molecule has 2 aliphatic carbocycles. The van der Waals surface area contributed by atoms with Gasteiger partial charge in [-0.25, -0.2) is 0 Å². The van der Waals surface area contributed by atoms with Crippen LogP contribution in [0.4, 0.5) is 5.69 Å². The van der Waals surface area contributed by atoms with Gasteiger partial charge in [-0.3, -0.25) is 0 Å². The molecule has 0 bridgehead atoms. The molecule has 2 fully saturated rings. The smallest absolute Gasteiger partial charge is 0.0342 e. The highest BCUT2D eigenvalue weighted by atomic mass is 14.9. The summed E-state index contributed by atoms with van der Waals surface area (Å²) in [6.07, 6.45) is 13.8. The molecular formula is C22H36N2. The summed E-state index contributed by atoms with van der Waals surface area (Å²) in [7, 11) is 0. The summed E-state index contributed by atoms with van der Waals surface area (Å²) in [5.41, 5.74) is 2.93. The van der Waals surface area contributed by atoms with Crippen molar-refractivity contribution < 1.29 is 0 Å². The van der Waals surface area contributed by atoms with Crippen LogP contribution < -0.4 is 10.6 Å². The van der Waals surface area contributed by atoms with E-state index in [4.69, 9.17) is 0 Å². The van der Waals surface area contributed by atoms with Crippen LogP contribution in [0.2, 0.25) is 0 Å². The van der Waals surface area contributed by atoms with Gasteiger partial charge in [-0.05, 0) is 43.4 Å². The normalized spacial score (nSPS) is 20.9. The summed E-state index contributed by atoms with van der Waals surface area (Å²) < 4.78 is 0. The number of anilines is 1. The Morgan fingerprint density at radius 1 is 0.792 bits per heavy atom. The first-order valence-electron chi connectivity index (χ1n) is 10.2. The van der Waals surface area contributed by atoms with Crippen LogP contribution in [0, 0.1) is 0 Å². The molecule has 2 nitrogen and oxygen atoms in total. The van der Waals surface area contributed by atoms with Crippen LogP contribution in [0.1, 0.15) is 83.6 Å². The maximum absolute atomic E-state index is 3.83. The lowest BCUT2D eigenvalue weighted by Crippen LogP contribution is -2.40. The molecule has 2 aliphatic rings. The van der Waals surface area contributed by atoms with E-state index < -0.39 is 0 Å². The fourth-order valence-electron chi connectivity index (χ4n) is 4.31. The SMILES string of the molecule is CC(C)(CNC1CCCCC1)c1ccc(NC2CCCCC2)cc1. The Labute approximate surface area is 148 Å². The second-order valence-electron chi connectivity index (χ2n) is 8.66. The average Bonchev–Trinajstić information content (AvgIpc) is 2.62. The third-order valence-electron chi connectivity index (χ3n) is 6.08. The Balaban J connectivity index is 1.52. The van der Waals surface area contributed by atoms with E-state index in [0.29, 0.717) is 6.04 Å². The summed E-state index contributed by atoms with van der Waals surface area (Å²) in [5.74, 6) is 0. The molecule has 0 spiro atoms. The molecule has 0 amide bonds. The van der Waals surface area contributed by atoms with Crippen LogP contribution in [0.3, 0.4) is 0 Å². The monoisotopic (exact) mass is 328 g/mol. The van der Waals surface area contributed by atoms with Crippen LogP contribution in [-0.2, 0) is 5.41 Å². The van der Waals surface area contributed by atoms with Crippen molar-refractivity contribution in [3.63, 3.8) is 0 Å². The average molecular weight is 329 g/mol. The molecule has 0 aromatic heterocycles. The highest BCUT2D eigenvalue weighted by molar-refractivity contribution is 5.46. The van der Waals surface area contributed by atoms with Crippen molar-refractivity contribution in [2.45, 2.75) is 95.6 Å². The molecule has 2 N–H and O–H groups in total. The number of rotatable bonds is 6. The van der Waals surface area contributed by atoms with Gasteiger partial charge in [-0.1, -0.05) is 64.5 Å². The maximum Gasteiger partial charge on any atom is 0.0342 e. The van der Waals surface area contributed by atoms with Gasteiger partial charge in [-0.2, -0.15) is 0 Å². The zero-order valence-electron chi connectivity index (χ0n) is 15.7. The first-order chi connectivity index (χ1) is 11.6. The van der Waals surface area contributed by atoms with Crippen molar-refractivity contribution in [2.75, 3.05) is 11.9 Å². The van der Waals surface area contributed by atoms with E-state index in [0.717, 1.165) is 12.6 Å². The van der Waals surface area contributed by atoms with Gasteiger partial charge in [0.2, 0.25) is 0 Å². The van der Waals surface area contributed by atoms with Crippen molar-refractivity contribution in [3.8, 4) is 0 Å². The molecule has 0 saturated heterocycles. The van der Waals surface area contributed by atoms with E-state index in [1.807, 2.05) is 0 Å². The zero-order chi connectivity index (χ0) is 16.8. The fourth-order valence-corrected chi connectivity index (χ4v) is 4.31. The van der Waals surface area contributed by atoms with Crippen molar-refractivity contribution in [2.24, 2.45) is 0 Å². The molecule has 134 valence electrons. The van der Waals surface area contributed by atoms with Crippen LogP contribution >= 0.6 is 0 Å². The number of hydrogen-bond donors (Lipinski definition) is 2. The predicted octanol–water partition coefficient (Wildman–Crippen LogP) is 5.63. The standard InChI is InChI=1S/C22H36N2/c1-22(2,17-23-19-9-5-3-6-10-19)18-13-15-21(16-14-18)24-20-11-7-4-8-12-20/h13-16,19-20,23-24H,3-12,17H2,1-2H3. The Kier molecular flexibility index (Phi) is 6.21. The Morgan fingerprint density at radius 3 is 1.92 bits per heavy atom. The molecule has 3 rings (SSSR count). The Morgan fingerprint density at radius 2 is 1.33 bits per heavy atom. The molecule has 2 heteroatoms. The highest BCUT2D eigenvalue weighted by Crippen LogP contribution is 2.27. The van der Waals surface area contributed by atoms with E-state index >= 15 is 0 Å². The van der Waals surface area contributed by atoms with Gasteiger partial charge in [0, 0.05) is 29.7 Å². The van der Waals surface area contributed by atoms with Gasteiger partial charge >= 0.3 is 0 Å². The van der Waals surface area contributed by atoms with Crippen molar-refractivity contribution >= 4 is 5.69 Å². The van der Waals surface area contributed by atoms with Crippen molar-refractivity contribution in [3.05, 3.63) is 29.8 Å². The topological polar surface area (TPSA) is 24.1 Å². The van der Waals surface area contributed by atoms with Gasteiger partial charge < -0.3 is 10.6 Å². The second-order valence-corrected chi connectivity index (χ2v) is 8.66. The van der Waals surface area contributed by atoms with Gasteiger partial charge in [0.15, 0.2) is 0 Å². The largest absolute Gasteiger partial charge is 0.382 e. The predicted molar refractivity (Wildman–Crippen MR) is 105 cm³/mol.